The Morgan fingerprint density at radius 1 is 0.520 bits per heavy atom. The maximum atomic E-state index is 2.37. The normalized spacial score (nSPS) is 39.2. The smallest absolute Gasteiger partial charge is 0.0284 e. The van der Waals surface area contributed by atoms with Crippen molar-refractivity contribution < 1.29 is 0 Å². The molecule has 0 aromatic rings. The van der Waals surface area contributed by atoms with E-state index in [2.05, 4.69) is 20.8 Å². The van der Waals surface area contributed by atoms with Crippen LogP contribution in [0.25, 0.3) is 0 Å². The van der Waals surface area contributed by atoms with E-state index in [0.717, 1.165) is 22.2 Å². The Labute approximate surface area is 158 Å². The monoisotopic (exact) mass is 346 g/mol. The minimum atomic E-state index is 0.771. The van der Waals surface area contributed by atoms with Crippen molar-refractivity contribution >= 4 is 0 Å². The van der Waals surface area contributed by atoms with Crippen LogP contribution in [0, 0.1) is 22.2 Å². The van der Waals surface area contributed by atoms with Gasteiger partial charge in [0.2, 0.25) is 0 Å². The molecule has 0 nitrogen and oxygen atoms in total. The molecule has 0 heteroatoms. The second-order valence-electron chi connectivity index (χ2n) is 10.9. The van der Waals surface area contributed by atoms with Gasteiger partial charge < -0.3 is 0 Å². The van der Waals surface area contributed by atoms with Gasteiger partial charge in [-0.05, 0) is 80.0 Å². The first-order chi connectivity index (χ1) is 12.1. The van der Waals surface area contributed by atoms with E-state index >= 15 is 0 Å². The van der Waals surface area contributed by atoms with Gasteiger partial charge in [-0.2, -0.15) is 0 Å². The first-order valence-corrected chi connectivity index (χ1v) is 12.1. The highest BCUT2D eigenvalue weighted by Crippen LogP contribution is 2.73. The van der Waals surface area contributed by atoms with Crippen molar-refractivity contribution in [3.63, 3.8) is 0 Å². The lowest BCUT2D eigenvalue weighted by atomic mass is 9.37. The molecular weight excluding hydrogens is 300 g/mol. The van der Waals surface area contributed by atoms with E-state index in [1.54, 1.807) is 57.8 Å². The van der Waals surface area contributed by atoms with E-state index in [9.17, 15) is 0 Å². The third-order valence-corrected chi connectivity index (χ3v) is 8.35. The van der Waals surface area contributed by atoms with Gasteiger partial charge >= 0.3 is 0 Å². The lowest BCUT2D eigenvalue weighted by Gasteiger charge is -2.67. The quantitative estimate of drug-likeness (QED) is 0.310. The molecule has 0 aromatic carbocycles. The molecule has 4 rings (SSSR count). The molecule has 25 heavy (non-hydrogen) atoms. The summed E-state index contributed by atoms with van der Waals surface area (Å²) >= 11 is 0. The maximum Gasteiger partial charge on any atom is -0.0284 e. The van der Waals surface area contributed by atoms with Crippen molar-refractivity contribution in [2.24, 2.45) is 22.2 Å². The molecule has 0 aromatic heterocycles. The molecule has 0 spiro atoms. The predicted octanol–water partition coefficient (Wildman–Crippen LogP) is 8.68. The fraction of sp³-hybridized carbons (Fsp3) is 1.00. The molecule has 0 heterocycles. The first kappa shape index (κ1) is 19.8. The van der Waals surface area contributed by atoms with Crippen molar-refractivity contribution in [2.75, 3.05) is 0 Å². The number of unbranched alkanes of at least 4 members (excludes halogenated alkanes) is 6. The van der Waals surface area contributed by atoms with Gasteiger partial charge in [-0.1, -0.05) is 78.6 Å². The van der Waals surface area contributed by atoms with Crippen LogP contribution < -0.4 is 0 Å². The third kappa shape index (κ3) is 4.47. The topological polar surface area (TPSA) is 0 Å². The number of hydrogen-bond acceptors (Lipinski definition) is 0. The molecule has 0 saturated heterocycles. The largest absolute Gasteiger partial charge is 0.0654 e. The summed E-state index contributed by atoms with van der Waals surface area (Å²) in [5.41, 5.74) is 2.31. The molecule has 4 aliphatic rings. The molecule has 4 aliphatic carbocycles. The Hall–Kier alpha value is 0. The molecule has 0 unspecified atom stereocenters. The second-order valence-corrected chi connectivity index (χ2v) is 10.9. The predicted molar refractivity (Wildman–Crippen MR) is 111 cm³/mol. The minimum absolute atomic E-state index is 0.771. The fourth-order valence-electron chi connectivity index (χ4n) is 8.15. The average Bonchev–Trinajstić information content (AvgIpc) is 2.54. The average molecular weight is 347 g/mol. The van der Waals surface area contributed by atoms with Crippen LogP contribution in [0.4, 0.5) is 0 Å². The lowest BCUT2D eigenvalue weighted by molar-refractivity contribution is -0.168. The van der Waals surface area contributed by atoms with Gasteiger partial charge in [0.1, 0.15) is 0 Å². The molecule has 146 valence electrons. The van der Waals surface area contributed by atoms with Crippen molar-refractivity contribution in [3.05, 3.63) is 0 Å². The van der Waals surface area contributed by atoms with Crippen LogP contribution in [0.5, 0.6) is 0 Å². The molecule has 4 fully saturated rings. The molecule has 0 N–H and O–H groups in total. The van der Waals surface area contributed by atoms with Gasteiger partial charge in [0.15, 0.2) is 0 Å². The Bertz CT molecular complexity index is 338. The molecule has 0 atom stereocenters. The highest BCUT2D eigenvalue weighted by Gasteiger charge is 2.61. The summed E-state index contributed by atoms with van der Waals surface area (Å²) in [5, 5.41) is 0. The first-order valence-electron chi connectivity index (χ1n) is 12.1. The Kier molecular flexibility index (Phi) is 6.60. The third-order valence-electron chi connectivity index (χ3n) is 8.35. The fourth-order valence-corrected chi connectivity index (χ4v) is 8.15. The summed E-state index contributed by atoms with van der Waals surface area (Å²) in [6.45, 7) is 7.12. The molecule has 0 radical (unpaired) electrons. The summed E-state index contributed by atoms with van der Waals surface area (Å²) in [6, 6.07) is 0. The van der Waals surface area contributed by atoms with Crippen molar-refractivity contribution in [1.82, 2.24) is 0 Å². The zero-order valence-electron chi connectivity index (χ0n) is 17.8. The summed E-state index contributed by atoms with van der Waals surface area (Å²) in [4.78, 5) is 0. The number of rotatable bonds is 12. The highest BCUT2D eigenvalue weighted by molar-refractivity contribution is 5.12. The molecule has 4 bridgehead atoms. The molecule has 0 amide bonds. The van der Waals surface area contributed by atoms with E-state index < -0.39 is 0 Å². The minimum Gasteiger partial charge on any atom is -0.0654 e. The zero-order valence-corrected chi connectivity index (χ0v) is 17.8. The van der Waals surface area contributed by atoms with Crippen LogP contribution >= 0.6 is 0 Å². The molecular formula is C25H46. The second kappa shape index (κ2) is 8.35. The van der Waals surface area contributed by atoms with Crippen LogP contribution in [0.3, 0.4) is 0 Å². The summed E-state index contributed by atoms with van der Waals surface area (Å²) in [6.07, 6.45) is 27.6. The van der Waals surface area contributed by atoms with Crippen LogP contribution in [0.15, 0.2) is 0 Å². The van der Waals surface area contributed by atoms with Crippen molar-refractivity contribution in [3.8, 4) is 0 Å². The highest BCUT2D eigenvalue weighted by atomic mass is 14.7. The van der Waals surface area contributed by atoms with Crippen molar-refractivity contribution in [2.45, 2.75) is 136 Å². The van der Waals surface area contributed by atoms with Gasteiger partial charge in [-0.3, -0.25) is 0 Å². The van der Waals surface area contributed by atoms with Crippen LogP contribution in [-0.2, 0) is 0 Å². The van der Waals surface area contributed by atoms with E-state index in [1.165, 1.54) is 57.8 Å². The van der Waals surface area contributed by atoms with Crippen LogP contribution in [-0.4, -0.2) is 0 Å². The lowest BCUT2D eigenvalue weighted by Crippen LogP contribution is -2.56. The number of hydrogen-bond donors (Lipinski definition) is 0. The van der Waals surface area contributed by atoms with Gasteiger partial charge in [-0.15, -0.1) is 0 Å². The van der Waals surface area contributed by atoms with Gasteiger partial charge in [0, 0.05) is 0 Å². The standard InChI is InChI=1S/C25H46/c1-4-7-10-13-23-16-22-17-24(19-23,14-11-8-5-2)21-25(18-22,20-23)15-12-9-6-3/h22H,4-21H2,1-3H3. The van der Waals surface area contributed by atoms with Gasteiger partial charge in [-0.25, -0.2) is 0 Å². The Balaban J connectivity index is 1.74. The maximum absolute atomic E-state index is 2.37. The van der Waals surface area contributed by atoms with Gasteiger partial charge in [0.05, 0.1) is 0 Å². The Morgan fingerprint density at radius 2 is 0.840 bits per heavy atom. The van der Waals surface area contributed by atoms with E-state index in [-0.39, 0.29) is 0 Å². The van der Waals surface area contributed by atoms with Gasteiger partial charge in [0.25, 0.3) is 0 Å². The summed E-state index contributed by atoms with van der Waals surface area (Å²) in [5.74, 6) is 1.10. The summed E-state index contributed by atoms with van der Waals surface area (Å²) < 4.78 is 0. The SMILES string of the molecule is CCCCCC12CC3CC(CCCCC)(C1)CC(CCCCC)(C3)C2. The van der Waals surface area contributed by atoms with E-state index in [0.29, 0.717) is 0 Å². The molecule has 4 saturated carbocycles. The summed E-state index contributed by atoms with van der Waals surface area (Å²) in [7, 11) is 0. The van der Waals surface area contributed by atoms with Crippen LogP contribution in [0.2, 0.25) is 0 Å². The van der Waals surface area contributed by atoms with E-state index in [4.69, 9.17) is 0 Å². The van der Waals surface area contributed by atoms with Crippen LogP contribution in [0.1, 0.15) is 136 Å². The Morgan fingerprint density at radius 3 is 1.12 bits per heavy atom. The molecule has 0 aliphatic heterocycles. The van der Waals surface area contributed by atoms with Crippen molar-refractivity contribution in [1.29, 1.82) is 0 Å². The zero-order chi connectivity index (χ0) is 17.8. The van der Waals surface area contributed by atoms with E-state index in [1.807, 2.05) is 0 Å².